The largest absolute Gasteiger partial charge is 0.466 e. The maximum atomic E-state index is 10.9. The minimum Gasteiger partial charge on any atom is -0.466 e. The van der Waals surface area contributed by atoms with Crippen molar-refractivity contribution < 1.29 is 14.3 Å². The van der Waals surface area contributed by atoms with E-state index in [1.165, 1.54) is 13.2 Å². The van der Waals surface area contributed by atoms with Crippen LogP contribution in [0.2, 0.25) is 0 Å². The predicted octanol–water partition coefficient (Wildman–Crippen LogP) is 2.06. The monoisotopic (exact) mass is 198 g/mol. The summed E-state index contributed by atoms with van der Waals surface area (Å²) < 4.78 is 9.98. The maximum absolute atomic E-state index is 10.9. The van der Waals surface area contributed by atoms with E-state index in [0.717, 1.165) is 18.4 Å². The summed E-state index contributed by atoms with van der Waals surface area (Å²) >= 11 is 0. The van der Waals surface area contributed by atoms with Crippen LogP contribution in [0.25, 0.3) is 0 Å². The highest BCUT2D eigenvalue weighted by atomic mass is 16.6. The molecule has 80 valence electrons. The van der Waals surface area contributed by atoms with Crippen LogP contribution >= 0.6 is 0 Å². The van der Waals surface area contributed by atoms with Gasteiger partial charge in [0.25, 0.3) is 0 Å². The second kappa shape index (κ2) is 4.13. The number of hydrogen-bond acceptors (Lipinski definition) is 3. The van der Waals surface area contributed by atoms with Crippen LogP contribution in [-0.2, 0) is 14.3 Å². The Hall–Kier alpha value is -0.830. The maximum Gasteiger partial charge on any atom is 0.330 e. The SMILES string of the molecule is COC(=O)C=C(C)CCC1OC1(C)C. The second-order valence-corrected chi connectivity index (χ2v) is 4.26. The van der Waals surface area contributed by atoms with E-state index in [4.69, 9.17) is 4.74 Å². The van der Waals surface area contributed by atoms with Crippen molar-refractivity contribution in [3.63, 3.8) is 0 Å². The van der Waals surface area contributed by atoms with Gasteiger partial charge >= 0.3 is 5.97 Å². The number of methoxy groups -OCH3 is 1. The minimum absolute atomic E-state index is 0.0472. The standard InChI is InChI=1S/C11H18O3/c1-8(7-10(12)13-4)5-6-9-11(2,3)14-9/h7,9H,5-6H2,1-4H3. The first-order chi connectivity index (χ1) is 6.45. The number of esters is 1. The third-order valence-electron chi connectivity index (χ3n) is 2.53. The van der Waals surface area contributed by atoms with Crippen molar-refractivity contribution in [1.82, 2.24) is 0 Å². The molecule has 3 nitrogen and oxygen atoms in total. The minimum atomic E-state index is -0.279. The predicted molar refractivity (Wildman–Crippen MR) is 54.0 cm³/mol. The number of allylic oxidation sites excluding steroid dienone is 1. The third kappa shape index (κ3) is 3.14. The summed E-state index contributed by atoms with van der Waals surface area (Å²) in [5.41, 5.74) is 1.09. The Kier molecular flexibility index (Phi) is 3.32. The summed E-state index contributed by atoms with van der Waals surface area (Å²) in [7, 11) is 1.39. The van der Waals surface area contributed by atoms with Gasteiger partial charge < -0.3 is 9.47 Å². The molecular formula is C11H18O3. The second-order valence-electron chi connectivity index (χ2n) is 4.26. The fraction of sp³-hybridized carbons (Fsp3) is 0.727. The van der Waals surface area contributed by atoms with Crippen LogP contribution in [0.3, 0.4) is 0 Å². The zero-order valence-electron chi connectivity index (χ0n) is 9.29. The highest BCUT2D eigenvalue weighted by molar-refractivity contribution is 5.82. The lowest BCUT2D eigenvalue weighted by Crippen LogP contribution is -2.03. The molecule has 0 aromatic heterocycles. The molecule has 0 aromatic carbocycles. The lowest BCUT2D eigenvalue weighted by atomic mass is 10.0. The van der Waals surface area contributed by atoms with Crippen molar-refractivity contribution in [3.05, 3.63) is 11.6 Å². The summed E-state index contributed by atoms with van der Waals surface area (Å²) in [4.78, 5) is 10.9. The Balaban J connectivity index is 2.25. The number of epoxide rings is 1. The molecule has 3 heteroatoms. The van der Waals surface area contributed by atoms with Crippen LogP contribution in [-0.4, -0.2) is 24.8 Å². The van der Waals surface area contributed by atoms with Gasteiger partial charge in [-0.25, -0.2) is 4.79 Å². The summed E-state index contributed by atoms with van der Waals surface area (Å²) in [6, 6.07) is 0. The fourth-order valence-electron chi connectivity index (χ4n) is 1.43. The number of ether oxygens (including phenoxy) is 2. The Morgan fingerprint density at radius 2 is 2.14 bits per heavy atom. The van der Waals surface area contributed by atoms with Crippen molar-refractivity contribution in [2.24, 2.45) is 0 Å². The average molecular weight is 198 g/mol. The van der Waals surface area contributed by atoms with E-state index >= 15 is 0 Å². The van der Waals surface area contributed by atoms with Gasteiger partial charge in [0.05, 0.1) is 18.8 Å². The topological polar surface area (TPSA) is 38.8 Å². The molecule has 1 rings (SSSR count). The van der Waals surface area contributed by atoms with Crippen LogP contribution in [0.1, 0.15) is 33.6 Å². The van der Waals surface area contributed by atoms with Gasteiger partial charge in [0.15, 0.2) is 0 Å². The molecule has 1 aliphatic rings. The number of hydrogen-bond donors (Lipinski definition) is 0. The van der Waals surface area contributed by atoms with Gasteiger partial charge in [-0.15, -0.1) is 0 Å². The van der Waals surface area contributed by atoms with E-state index in [9.17, 15) is 4.79 Å². The molecule has 0 N–H and O–H groups in total. The van der Waals surface area contributed by atoms with E-state index < -0.39 is 0 Å². The molecule has 1 unspecified atom stereocenters. The van der Waals surface area contributed by atoms with Gasteiger partial charge in [-0.05, 0) is 33.6 Å². The number of rotatable bonds is 4. The van der Waals surface area contributed by atoms with Crippen LogP contribution in [0.5, 0.6) is 0 Å². The molecule has 1 heterocycles. The van der Waals surface area contributed by atoms with Gasteiger partial charge in [0, 0.05) is 6.08 Å². The van der Waals surface area contributed by atoms with Gasteiger partial charge in [-0.2, -0.15) is 0 Å². The van der Waals surface area contributed by atoms with Crippen molar-refractivity contribution >= 4 is 5.97 Å². The molecule has 1 aliphatic heterocycles. The zero-order valence-corrected chi connectivity index (χ0v) is 9.29. The molecule has 0 aliphatic carbocycles. The van der Waals surface area contributed by atoms with Crippen molar-refractivity contribution in [1.29, 1.82) is 0 Å². The van der Waals surface area contributed by atoms with Crippen LogP contribution in [0.15, 0.2) is 11.6 Å². The Morgan fingerprint density at radius 1 is 1.57 bits per heavy atom. The first-order valence-electron chi connectivity index (χ1n) is 4.88. The van der Waals surface area contributed by atoms with Crippen LogP contribution in [0.4, 0.5) is 0 Å². The van der Waals surface area contributed by atoms with Crippen molar-refractivity contribution in [2.45, 2.75) is 45.3 Å². The smallest absolute Gasteiger partial charge is 0.330 e. The Labute approximate surface area is 85.1 Å². The molecule has 1 saturated heterocycles. The van der Waals surface area contributed by atoms with E-state index in [-0.39, 0.29) is 11.6 Å². The van der Waals surface area contributed by atoms with Crippen LogP contribution in [0, 0.1) is 0 Å². The molecule has 0 amide bonds. The Morgan fingerprint density at radius 3 is 2.57 bits per heavy atom. The third-order valence-corrected chi connectivity index (χ3v) is 2.53. The summed E-state index contributed by atoms with van der Waals surface area (Å²) in [5.74, 6) is -0.279. The van der Waals surface area contributed by atoms with Crippen molar-refractivity contribution in [3.8, 4) is 0 Å². The molecule has 0 bridgehead atoms. The molecular weight excluding hydrogens is 180 g/mol. The average Bonchev–Trinajstić information content (AvgIpc) is 2.70. The molecule has 0 aromatic rings. The molecule has 0 saturated carbocycles. The van der Waals surface area contributed by atoms with Gasteiger partial charge in [0.2, 0.25) is 0 Å². The van der Waals surface area contributed by atoms with Gasteiger partial charge in [-0.3, -0.25) is 0 Å². The summed E-state index contributed by atoms with van der Waals surface area (Å²) in [6.45, 7) is 6.10. The first-order valence-corrected chi connectivity index (χ1v) is 4.88. The quantitative estimate of drug-likeness (QED) is 0.394. The molecule has 1 fully saturated rings. The Bertz CT molecular complexity index is 253. The molecule has 1 atom stereocenters. The zero-order chi connectivity index (χ0) is 10.8. The number of carbonyl (C=O) groups excluding carboxylic acids is 1. The highest BCUT2D eigenvalue weighted by Crippen LogP contribution is 2.38. The van der Waals surface area contributed by atoms with E-state index in [1.807, 2.05) is 6.92 Å². The van der Waals surface area contributed by atoms with Gasteiger partial charge in [0.1, 0.15) is 0 Å². The molecule has 0 radical (unpaired) electrons. The first kappa shape index (κ1) is 11.2. The number of carbonyl (C=O) groups is 1. The molecule has 14 heavy (non-hydrogen) atoms. The van der Waals surface area contributed by atoms with E-state index in [1.54, 1.807) is 0 Å². The van der Waals surface area contributed by atoms with E-state index in [0.29, 0.717) is 6.10 Å². The van der Waals surface area contributed by atoms with E-state index in [2.05, 4.69) is 18.6 Å². The van der Waals surface area contributed by atoms with Crippen molar-refractivity contribution in [2.75, 3.05) is 7.11 Å². The fourth-order valence-corrected chi connectivity index (χ4v) is 1.43. The lowest BCUT2D eigenvalue weighted by Gasteiger charge is -1.99. The normalized spacial score (nSPS) is 24.6. The van der Waals surface area contributed by atoms with Gasteiger partial charge in [-0.1, -0.05) is 5.57 Å². The summed E-state index contributed by atoms with van der Waals surface area (Å²) in [6.07, 6.45) is 3.76. The molecule has 0 spiro atoms. The van der Waals surface area contributed by atoms with Crippen LogP contribution < -0.4 is 0 Å². The summed E-state index contributed by atoms with van der Waals surface area (Å²) in [5, 5.41) is 0. The lowest BCUT2D eigenvalue weighted by molar-refractivity contribution is -0.134. The highest BCUT2D eigenvalue weighted by Gasteiger charge is 2.46.